The Morgan fingerprint density at radius 1 is 1.00 bits per heavy atom. The van der Waals surface area contributed by atoms with Gasteiger partial charge in [0, 0.05) is 29.6 Å². The zero-order valence-electron chi connectivity index (χ0n) is 22.6. The van der Waals surface area contributed by atoms with Crippen molar-refractivity contribution in [1.82, 2.24) is 10.2 Å². The van der Waals surface area contributed by atoms with Crippen LogP contribution in [0.3, 0.4) is 0 Å². The zero-order chi connectivity index (χ0) is 29.3. The molecule has 0 unspecified atom stereocenters. The first-order chi connectivity index (χ1) is 19.0. The van der Waals surface area contributed by atoms with Crippen LogP contribution in [0.5, 0.6) is 5.75 Å². The Labute approximate surface area is 245 Å². The number of benzene rings is 3. The van der Waals surface area contributed by atoms with Crippen molar-refractivity contribution in [3.05, 3.63) is 94.0 Å². The number of halogens is 2. The lowest BCUT2D eigenvalue weighted by molar-refractivity contribution is -0.140. The van der Waals surface area contributed by atoms with Crippen LogP contribution in [0.4, 0.5) is 5.69 Å². The van der Waals surface area contributed by atoms with Gasteiger partial charge in [-0.2, -0.15) is 0 Å². The SMILES string of the molecule is CCCNC(=O)[C@H](Cc1ccccc1)N(Cc1ccc(Cl)cc1Cl)C(=O)CN(c1ccc(OC)cc1)S(C)(=O)=O. The van der Waals surface area contributed by atoms with Crippen molar-refractivity contribution in [3.8, 4) is 5.75 Å². The first kappa shape index (κ1) is 31.3. The first-order valence-corrected chi connectivity index (χ1v) is 15.3. The fourth-order valence-corrected chi connectivity index (χ4v) is 5.43. The van der Waals surface area contributed by atoms with Crippen molar-refractivity contribution >= 4 is 50.7 Å². The minimum absolute atomic E-state index is 0.0356. The highest BCUT2D eigenvalue weighted by Crippen LogP contribution is 2.26. The van der Waals surface area contributed by atoms with Crippen LogP contribution in [0.25, 0.3) is 0 Å². The van der Waals surface area contributed by atoms with Gasteiger partial charge in [-0.15, -0.1) is 0 Å². The van der Waals surface area contributed by atoms with E-state index in [2.05, 4.69) is 5.32 Å². The van der Waals surface area contributed by atoms with E-state index in [0.717, 1.165) is 16.1 Å². The average molecular weight is 607 g/mol. The van der Waals surface area contributed by atoms with E-state index in [-0.39, 0.29) is 24.6 Å². The second-order valence-corrected chi connectivity index (χ2v) is 12.0. The molecule has 8 nitrogen and oxygen atoms in total. The van der Waals surface area contributed by atoms with Crippen molar-refractivity contribution in [3.63, 3.8) is 0 Å². The van der Waals surface area contributed by atoms with Crippen LogP contribution in [-0.2, 0) is 32.6 Å². The van der Waals surface area contributed by atoms with E-state index in [4.69, 9.17) is 27.9 Å². The normalized spacial score (nSPS) is 11.9. The number of nitrogens with zero attached hydrogens (tertiary/aromatic N) is 2. The largest absolute Gasteiger partial charge is 0.497 e. The fraction of sp³-hybridized carbons (Fsp3) is 0.310. The minimum Gasteiger partial charge on any atom is -0.497 e. The van der Waals surface area contributed by atoms with E-state index in [1.807, 2.05) is 37.3 Å². The number of carbonyl (C=O) groups excluding carboxylic acids is 2. The van der Waals surface area contributed by atoms with Gasteiger partial charge in [0.15, 0.2) is 0 Å². The van der Waals surface area contributed by atoms with Gasteiger partial charge in [-0.25, -0.2) is 8.42 Å². The molecule has 0 fully saturated rings. The topological polar surface area (TPSA) is 96.0 Å². The summed E-state index contributed by atoms with van der Waals surface area (Å²) in [5.41, 5.74) is 1.70. The summed E-state index contributed by atoms with van der Waals surface area (Å²) < 4.78 is 31.9. The van der Waals surface area contributed by atoms with Crippen LogP contribution in [0.1, 0.15) is 24.5 Å². The molecule has 1 atom stereocenters. The summed E-state index contributed by atoms with van der Waals surface area (Å²) in [5, 5.41) is 3.65. The number of rotatable bonds is 13. The van der Waals surface area contributed by atoms with Gasteiger partial charge in [0.2, 0.25) is 21.8 Å². The predicted octanol–water partition coefficient (Wildman–Crippen LogP) is 4.93. The highest BCUT2D eigenvalue weighted by molar-refractivity contribution is 7.92. The Morgan fingerprint density at radius 3 is 2.25 bits per heavy atom. The lowest BCUT2D eigenvalue weighted by atomic mass is 10.0. The summed E-state index contributed by atoms with van der Waals surface area (Å²) >= 11 is 12.6. The molecule has 2 amide bonds. The molecule has 214 valence electrons. The fourth-order valence-electron chi connectivity index (χ4n) is 4.12. The smallest absolute Gasteiger partial charge is 0.244 e. The molecule has 0 aromatic heterocycles. The van der Waals surface area contributed by atoms with Crippen LogP contribution in [0, 0.1) is 0 Å². The van der Waals surface area contributed by atoms with Crippen LogP contribution < -0.4 is 14.4 Å². The Morgan fingerprint density at radius 2 is 1.68 bits per heavy atom. The molecule has 40 heavy (non-hydrogen) atoms. The Bertz CT molecular complexity index is 1400. The lowest BCUT2D eigenvalue weighted by Crippen LogP contribution is -2.53. The molecule has 3 rings (SSSR count). The zero-order valence-corrected chi connectivity index (χ0v) is 25.0. The molecular formula is C29H33Cl2N3O5S. The Hall–Kier alpha value is -3.27. The number of ether oxygens (including phenoxy) is 1. The van der Waals surface area contributed by atoms with E-state index in [1.165, 1.54) is 12.0 Å². The number of anilines is 1. The molecular weight excluding hydrogens is 573 g/mol. The van der Waals surface area contributed by atoms with Crippen LogP contribution in [-0.4, -0.2) is 57.6 Å². The summed E-state index contributed by atoms with van der Waals surface area (Å²) in [6.07, 6.45) is 1.95. The molecule has 3 aromatic carbocycles. The molecule has 0 aliphatic rings. The maximum Gasteiger partial charge on any atom is 0.244 e. The summed E-state index contributed by atoms with van der Waals surface area (Å²) in [5.74, 6) is -0.377. The number of amides is 2. The van der Waals surface area contributed by atoms with Crippen LogP contribution in [0.2, 0.25) is 10.0 Å². The molecule has 1 N–H and O–H groups in total. The van der Waals surface area contributed by atoms with Crippen molar-refractivity contribution in [2.75, 3.05) is 30.8 Å². The van der Waals surface area contributed by atoms with Gasteiger partial charge in [-0.05, 0) is 53.9 Å². The Balaban J connectivity index is 2.05. The number of hydrogen-bond donors (Lipinski definition) is 1. The van der Waals surface area contributed by atoms with Crippen molar-refractivity contribution in [2.24, 2.45) is 0 Å². The van der Waals surface area contributed by atoms with E-state index < -0.39 is 28.5 Å². The molecule has 0 radical (unpaired) electrons. The third-order valence-electron chi connectivity index (χ3n) is 6.22. The van der Waals surface area contributed by atoms with Gasteiger partial charge in [0.25, 0.3) is 0 Å². The van der Waals surface area contributed by atoms with Crippen molar-refractivity contribution in [1.29, 1.82) is 0 Å². The summed E-state index contributed by atoms with van der Waals surface area (Å²) in [4.78, 5) is 28.9. The number of sulfonamides is 1. The van der Waals surface area contributed by atoms with Gasteiger partial charge in [-0.3, -0.25) is 13.9 Å². The molecule has 0 saturated heterocycles. The van der Waals surface area contributed by atoms with Crippen LogP contribution in [0.15, 0.2) is 72.8 Å². The number of methoxy groups -OCH3 is 1. The lowest BCUT2D eigenvalue weighted by Gasteiger charge is -2.33. The summed E-state index contributed by atoms with van der Waals surface area (Å²) in [6, 6.07) is 19.6. The molecule has 11 heteroatoms. The Kier molecular flexibility index (Phi) is 11.2. The maximum absolute atomic E-state index is 14.0. The second kappa shape index (κ2) is 14.4. The van der Waals surface area contributed by atoms with Gasteiger partial charge in [0.05, 0.1) is 19.1 Å². The highest BCUT2D eigenvalue weighted by Gasteiger charge is 2.33. The molecule has 0 aliphatic heterocycles. The third kappa shape index (κ3) is 8.61. The quantitative estimate of drug-likeness (QED) is 0.298. The molecule has 0 spiro atoms. The maximum atomic E-state index is 14.0. The first-order valence-electron chi connectivity index (χ1n) is 12.7. The predicted molar refractivity (Wildman–Crippen MR) is 159 cm³/mol. The van der Waals surface area contributed by atoms with Gasteiger partial charge in [0.1, 0.15) is 18.3 Å². The van der Waals surface area contributed by atoms with Crippen LogP contribution >= 0.6 is 23.2 Å². The van der Waals surface area contributed by atoms with Gasteiger partial charge < -0.3 is 15.0 Å². The third-order valence-corrected chi connectivity index (χ3v) is 7.94. The standard InChI is InChI=1S/C29H33Cl2N3O5S/c1-4-16-32-29(36)27(17-21-8-6-5-7-9-21)33(19-22-10-11-23(30)18-26(22)31)28(35)20-34(40(3,37)38)24-12-14-25(39-2)15-13-24/h5-15,18,27H,4,16-17,19-20H2,1-3H3,(H,32,36)/t27-/m0/s1. The number of carbonyl (C=O) groups is 2. The monoisotopic (exact) mass is 605 g/mol. The van der Waals surface area contributed by atoms with E-state index in [0.29, 0.717) is 34.3 Å². The van der Waals surface area contributed by atoms with Crippen molar-refractivity contribution in [2.45, 2.75) is 32.4 Å². The van der Waals surface area contributed by atoms with Crippen molar-refractivity contribution < 1.29 is 22.7 Å². The van der Waals surface area contributed by atoms with E-state index in [9.17, 15) is 18.0 Å². The summed E-state index contributed by atoms with van der Waals surface area (Å²) in [6.45, 7) is 1.80. The van der Waals surface area contributed by atoms with Gasteiger partial charge in [-0.1, -0.05) is 66.5 Å². The number of nitrogens with one attached hydrogen (secondary N) is 1. The molecule has 0 aliphatic carbocycles. The molecule has 3 aromatic rings. The highest BCUT2D eigenvalue weighted by atomic mass is 35.5. The molecule has 0 saturated carbocycles. The number of hydrogen-bond acceptors (Lipinski definition) is 5. The second-order valence-electron chi connectivity index (χ2n) is 9.22. The molecule has 0 bridgehead atoms. The minimum atomic E-state index is -3.87. The van der Waals surface area contributed by atoms with E-state index >= 15 is 0 Å². The van der Waals surface area contributed by atoms with Gasteiger partial charge >= 0.3 is 0 Å². The average Bonchev–Trinajstić information content (AvgIpc) is 2.93. The molecule has 0 heterocycles. The van der Waals surface area contributed by atoms with E-state index in [1.54, 1.807) is 42.5 Å². The summed E-state index contributed by atoms with van der Waals surface area (Å²) in [7, 11) is -2.37.